The summed E-state index contributed by atoms with van der Waals surface area (Å²) in [5.41, 5.74) is 0.804. The Morgan fingerprint density at radius 3 is 2.92 bits per heavy atom. The zero-order chi connectivity index (χ0) is 16.9. The number of hydrogen-bond donors (Lipinski definition) is 1. The number of carbonyl (C=O) groups is 1. The van der Waals surface area contributed by atoms with Crippen LogP contribution in [0.3, 0.4) is 0 Å². The van der Waals surface area contributed by atoms with E-state index >= 15 is 0 Å². The fraction of sp³-hybridized carbons (Fsp3) is 0.625. The first-order chi connectivity index (χ1) is 11.6. The number of amides is 1. The van der Waals surface area contributed by atoms with Crippen molar-refractivity contribution in [2.24, 2.45) is 0 Å². The second-order valence-corrected chi connectivity index (χ2v) is 6.17. The quantitative estimate of drug-likeness (QED) is 0.876. The summed E-state index contributed by atoms with van der Waals surface area (Å²) >= 11 is 0. The maximum atomic E-state index is 12.4. The first-order valence-electron chi connectivity index (χ1n) is 8.46. The molecule has 3 heterocycles. The number of carbonyl (C=O) groups excluding carboxylic acids is 1. The molecule has 2 aromatic rings. The summed E-state index contributed by atoms with van der Waals surface area (Å²) in [6.45, 7) is 7.93. The summed E-state index contributed by atoms with van der Waals surface area (Å²) in [5.74, 6) is 2.47. The molecule has 2 aromatic heterocycles. The Hall–Kier alpha value is -2.22. The van der Waals surface area contributed by atoms with Gasteiger partial charge in [-0.3, -0.25) is 14.8 Å². The molecule has 0 saturated carbocycles. The van der Waals surface area contributed by atoms with Gasteiger partial charge in [-0.15, -0.1) is 0 Å². The van der Waals surface area contributed by atoms with Crippen LogP contribution in [0.4, 0.5) is 0 Å². The molecule has 0 bridgehead atoms. The molecule has 1 aliphatic rings. The van der Waals surface area contributed by atoms with Gasteiger partial charge in [-0.1, -0.05) is 12.1 Å². The summed E-state index contributed by atoms with van der Waals surface area (Å²) < 4.78 is 5.14. The maximum absolute atomic E-state index is 12.4. The van der Waals surface area contributed by atoms with E-state index in [2.05, 4.69) is 25.2 Å². The van der Waals surface area contributed by atoms with Crippen LogP contribution in [0.15, 0.2) is 10.6 Å². The van der Waals surface area contributed by atoms with E-state index in [1.165, 1.54) is 0 Å². The van der Waals surface area contributed by atoms with Crippen molar-refractivity contribution in [1.82, 2.24) is 30.1 Å². The molecule has 0 aromatic carbocycles. The maximum Gasteiger partial charge on any atom is 0.230 e. The minimum Gasteiger partial charge on any atom is -0.361 e. The number of H-pyrrole nitrogens is 1. The fourth-order valence-electron chi connectivity index (χ4n) is 2.91. The third-order valence-corrected chi connectivity index (χ3v) is 4.21. The van der Waals surface area contributed by atoms with Crippen molar-refractivity contribution in [3.8, 4) is 0 Å². The molecule has 130 valence electrons. The Bertz CT molecular complexity index is 680. The van der Waals surface area contributed by atoms with E-state index in [0.29, 0.717) is 5.76 Å². The van der Waals surface area contributed by atoms with Crippen LogP contribution < -0.4 is 0 Å². The monoisotopic (exact) mass is 332 g/mol. The summed E-state index contributed by atoms with van der Waals surface area (Å²) in [7, 11) is 0. The number of rotatable bonds is 5. The molecular formula is C16H24N6O2. The highest BCUT2D eigenvalue weighted by atomic mass is 16.5. The number of aryl methyl sites for hydroxylation is 2. The second kappa shape index (κ2) is 7.57. The van der Waals surface area contributed by atoms with Crippen LogP contribution in [0.1, 0.15) is 36.4 Å². The topological polar surface area (TPSA) is 91.2 Å². The van der Waals surface area contributed by atoms with Crippen LogP contribution in [0.2, 0.25) is 0 Å². The lowest BCUT2D eigenvalue weighted by molar-refractivity contribution is -0.130. The summed E-state index contributed by atoms with van der Waals surface area (Å²) in [4.78, 5) is 21.1. The standard InChI is InChI=1S/C16H24N6O2/c1-3-14-17-15(19-18-14)11-21-5-4-6-22(8-7-21)16(23)10-13-9-12(2)20-24-13/h9H,3-8,10-11H2,1-2H3,(H,17,18,19). The van der Waals surface area contributed by atoms with Gasteiger partial charge in [0.1, 0.15) is 17.4 Å². The van der Waals surface area contributed by atoms with E-state index in [1.54, 1.807) is 0 Å². The minimum atomic E-state index is 0.0981. The van der Waals surface area contributed by atoms with Gasteiger partial charge in [0.2, 0.25) is 5.91 Å². The molecule has 1 fully saturated rings. The van der Waals surface area contributed by atoms with Crippen LogP contribution in [0.5, 0.6) is 0 Å². The van der Waals surface area contributed by atoms with E-state index in [4.69, 9.17) is 4.52 Å². The highest BCUT2D eigenvalue weighted by Crippen LogP contribution is 2.10. The van der Waals surface area contributed by atoms with Crippen LogP contribution in [0, 0.1) is 6.92 Å². The largest absolute Gasteiger partial charge is 0.361 e. The van der Waals surface area contributed by atoms with E-state index < -0.39 is 0 Å². The summed E-state index contributed by atoms with van der Waals surface area (Å²) in [6.07, 6.45) is 2.07. The lowest BCUT2D eigenvalue weighted by Crippen LogP contribution is -2.36. The van der Waals surface area contributed by atoms with Gasteiger partial charge in [0, 0.05) is 38.7 Å². The molecule has 1 N–H and O–H groups in total. The number of hydrogen-bond acceptors (Lipinski definition) is 6. The molecule has 3 rings (SSSR count). The SMILES string of the molecule is CCc1n[nH]c(CN2CCCN(C(=O)Cc3cc(C)no3)CC2)n1. The third kappa shape index (κ3) is 4.19. The summed E-state index contributed by atoms with van der Waals surface area (Å²) in [6, 6.07) is 1.82. The molecule has 0 unspecified atom stereocenters. The molecule has 0 atom stereocenters. The van der Waals surface area contributed by atoms with Crippen molar-refractivity contribution in [2.75, 3.05) is 26.2 Å². The number of aromatic nitrogens is 4. The Labute approximate surface area is 141 Å². The predicted octanol–water partition coefficient (Wildman–Crippen LogP) is 0.941. The third-order valence-electron chi connectivity index (χ3n) is 4.21. The number of nitrogens with zero attached hydrogens (tertiary/aromatic N) is 5. The van der Waals surface area contributed by atoms with Gasteiger partial charge in [-0.25, -0.2) is 4.98 Å². The van der Waals surface area contributed by atoms with Gasteiger partial charge in [-0.05, 0) is 13.3 Å². The van der Waals surface area contributed by atoms with Gasteiger partial charge >= 0.3 is 0 Å². The van der Waals surface area contributed by atoms with Crippen molar-refractivity contribution < 1.29 is 9.32 Å². The van der Waals surface area contributed by atoms with E-state index in [0.717, 1.165) is 62.9 Å². The molecule has 0 aliphatic carbocycles. The second-order valence-electron chi connectivity index (χ2n) is 6.17. The first kappa shape index (κ1) is 16.6. The van der Waals surface area contributed by atoms with Gasteiger partial charge in [-0.2, -0.15) is 5.10 Å². The van der Waals surface area contributed by atoms with Crippen molar-refractivity contribution >= 4 is 5.91 Å². The van der Waals surface area contributed by atoms with Crippen LogP contribution in [0.25, 0.3) is 0 Å². The van der Waals surface area contributed by atoms with Crippen molar-refractivity contribution in [1.29, 1.82) is 0 Å². The van der Waals surface area contributed by atoms with Gasteiger partial charge in [0.15, 0.2) is 0 Å². The smallest absolute Gasteiger partial charge is 0.230 e. The van der Waals surface area contributed by atoms with Crippen molar-refractivity contribution in [3.63, 3.8) is 0 Å². The minimum absolute atomic E-state index is 0.0981. The fourth-order valence-corrected chi connectivity index (χ4v) is 2.91. The van der Waals surface area contributed by atoms with E-state index in [-0.39, 0.29) is 12.3 Å². The normalized spacial score (nSPS) is 16.3. The molecule has 1 amide bonds. The van der Waals surface area contributed by atoms with Crippen LogP contribution in [-0.4, -0.2) is 62.2 Å². The average Bonchev–Trinajstić information content (AvgIpc) is 3.11. The van der Waals surface area contributed by atoms with Crippen molar-refractivity contribution in [2.45, 2.75) is 39.7 Å². The molecule has 0 radical (unpaired) electrons. The predicted molar refractivity (Wildman–Crippen MR) is 87.2 cm³/mol. The Balaban J connectivity index is 1.51. The Morgan fingerprint density at radius 2 is 2.21 bits per heavy atom. The molecular weight excluding hydrogens is 308 g/mol. The Morgan fingerprint density at radius 1 is 1.33 bits per heavy atom. The molecule has 8 nitrogen and oxygen atoms in total. The highest BCUT2D eigenvalue weighted by molar-refractivity contribution is 5.78. The average molecular weight is 332 g/mol. The highest BCUT2D eigenvalue weighted by Gasteiger charge is 2.21. The van der Waals surface area contributed by atoms with Crippen LogP contribution >= 0.6 is 0 Å². The molecule has 24 heavy (non-hydrogen) atoms. The van der Waals surface area contributed by atoms with Crippen LogP contribution in [-0.2, 0) is 24.2 Å². The lowest BCUT2D eigenvalue weighted by atomic mass is 10.2. The Kier molecular flexibility index (Phi) is 5.24. The zero-order valence-electron chi connectivity index (χ0n) is 14.3. The van der Waals surface area contributed by atoms with Crippen molar-refractivity contribution in [3.05, 3.63) is 29.2 Å². The summed E-state index contributed by atoms with van der Waals surface area (Å²) in [5, 5.41) is 11.0. The zero-order valence-corrected chi connectivity index (χ0v) is 14.3. The molecule has 1 saturated heterocycles. The van der Waals surface area contributed by atoms with Gasteiger partial charge < -0.3 is 9.42 Å². The van der Waals surface area contributed by atoms with Gasteiger partial charge in [0.25, 0.3) is 0 Å². The molecule has 1 aliphatic heterocycles. The van der Waals surface area contributed by atoms with E-state index in [1.807, 2.05) is 24.8 Å². The molecule has 0 spiro atoms. The molecule has 8 heteroatoms. The number of aromatic amines is 1. The van der Waals surface area contributed by atoms with Gasteiger partial charge in [0.05, 0.1) is 18.7 Å². The van der Waals surface area contributed by atoms with E-state index in [9.17, 15) is 4.79 Å². The number of nitrogens with one attached hydrogen (secondary N) is 1. The lowest BCUT2D eigenvalue weighted by Gasteiger charge is -2.21. The first-order valence-corrected chi connectivity index (χ1v) is 8.46.